The molecular weight excluding hydrogens is 183 g/mol. The maximum Gasteiger partial charge on any atom is 0.255 e. The minimum absolute atomic E-state index is 0.0571. The van der Waals surface area contributed by atoms with E-state index in [1.54, 1.807) is 0 Å². The molecule has 3 nitrogen and oxygen atoms in total. The van der Waals surface area contributed by atoms with Gasteiger partial charge in [0.05, 0.1) is 17.8 Å². The van der Waals surface area contributed by atoms with Gasteiger partial charge < -0.3 is 11.1 Å². The molecule has 0 spiro atoms. The summed E-state index contributed by atoms with van der Waals surface area (Å²) >= 11 is 0. The normalized spacial score (nSPS) is 9.14. The van der Waals surface area contributed by atoms with Crippen molar-refractivity contribution in [1.29, 1.82) is 0 Å². The molecule has 0 aliphatic rings. The zero-order chi connectivity index (χ0) is 10.6. The largest absolute Gasteiger partial charge is 0.396 e. The Morgan fingerprint density at radius 2 is 2.36 bits per heavy atom. The number of carbonyl (C=O) groups excluding carboxylic acids is 1. The molecular formula is C10H9FN2O. The summed E-state index contributed by atoms with van der Waals surface area (Å²) in [5.74, 6) is 0.934. The van der Waals surface area contributed by atoms with Gasteiger partial charge in [0.1, 0.15) is 0 Å². The Bertz CT molecular complexity index is 396. The highest BCUT2D eigenvalue weighted by Gasteiger charge is 2.12. The van der Waals surface area contributed by atoms with Gasteiger partial charge in [-0.3, -0.25) is 4.79 Å². The molecule has 0 aliphatic carbocycles. The van der Waals surface area contributed by atoms with Crippen LogP contribution < -0.4 is 11.1 Å². The Balaban J connectivity index is 2.91. The van der Waals surface area contributed by atoms with Crippen molar-refractivity contribution in [3.05, 3.63) is 29.6 Å². The van der Waals surface area contributed by atoms with Crippen LogP contribution in [0.5, 0.6) is 0 Å². The maximum absolute atomic E-state index is 13.2. The number of rotatable bonds is 2. The smallest absolute Gasteiger partial charge is 0.255 e. The minimum atomic E-state index is -0.720. The molecule has 1 aromatic rings. The first-order valence-electron chi connectivity index (χ1n) is 3.92. The molecule has 4 heteroatoms. The molecule has 72 valence electrons. The van der Waals surface area contributed by atoms with Crippen molar-refractivity contribution in [2.24, 2.45) is 0 Å². The van der Waals surface area contributed by atoms with E-state index in [0.29, 0.717) is 0 Å². The number of terminal acetylenes is 1. The number of anilines is 1. The van der Waals surface area contributed by atoms with Crippen LogP contribution in [0.1, 0.15) is 10.4 Å². The van der Waals surface area contributed by atoms with Crippen LogP contribution in [0.2, 0.25) is 0 Å². The van der Waals surface area contributed by atoms with Gasteiger partial charge in [0.25, 0.3) is 5.91 Å². The standard InChI is InChI=1S/C10H9FN2O/c1-2-6-13-10(14)7-4-3-5-8(12)9(7)11/h1,3-5H,6,12H2,(H,13,14). The van der Waals surface area contributed by atoms with Crippen molar-refractivity contribution >= 4 is 11.6 Å². The van der Waals surface area contributed by atoms with Gasteiger partial charge in [-0.1, -0.05) is 12.0 Å². The molecule has 0 aliphatic heterocycles. The third-order valence-corrected chi connectivity index (χ3v) is 1.62. The maximum atomic E-state index is 13.2. The fraction of sp³-hybridized carbons (Fsp3) is 0.100. The quantitative estimate of drug-likeness (QED) is 0.537. The first kappa shape index (κ1) is 10.1. The molecule has 0 unspecified atom stereocenters. The van der Waals surface area contributed by atoms with Gasteiger partial charge >= 0.3 is 0 Å². The number of amides is 1. The number of nitrogens with two attached hydrogens (primary N) is 1. The van der Waals surface area contributed by atoms with Gasteiger partial charge in [0.2, 0.25) is 0 Å². The van der Waals surface area contributed by atoms with Gasteiger partial charge in [0.15, 0.2) is 5.82 Å². The van der Waals surface area contributed by atoms with Crippen LogP contribution in [0.15, 0.2) is 18.2 Å². The number of benzene rings is 1. The lowest BCUT2D eigenvalue weighted by molar-refractivity contribution is 0.0955. The Kier molecular flexibility index (Phi) is 3.08. The second-order valence-electron chi connectivity index (χ2n) is 2.60. The first-order valence-corrected chi connectivity index (χ1v) is 3.92. The Labute approximate surface area is 81.1 Å². The lowest BCUT2D eigenvalue weighted by Crippen LogP contribution is -2.24. The van der Waals surface area contributed by atoms with Crippen LogP contribution in [0.3, 0.4) is 0 Å². The summed E-state index contributed by atoms with van der Waals surface area (Å²) in [5, 5.41) is 2.35. The minimum Gasteiger partial charge on any atom is -0.396 e. The molecule has 14 heavy (non-hydrogen) atoms. The molecule has 0 radical (unpaired) electrons. The van der Waals surface area contributed by atoms with E-state index in [1.807, 2.05) is 0 Å². The fourth-order valence-corrected chi connectivity index (χ4v) is 0.952. The van der Waals surface area contributed by atoms with Crippen molar-refractivity contribution in [2.75, 3.05) is 12.3 Å². The third kappa shape index (κ3) is 2.02. The van der Waals surface area contributed by atoms with Crippen molar-refractivity contribution in [3.8, 4) is 12.3 Å². The number of nitrogens with one attached hydrogen (secondary N) is 1. The molecule has 1 aromatic carbocycles. The molecule has 0 aromatic heterocycles. The molecule has 3 N–H and O–H groups in total. The van der Waals surface area contributed by atoms with Crippen LogP contribution >= 0.6 is 0 Å². The summed E-state index contributed by atoms with van der Waals surface area (Å²) in [6.45, 7) is 0.0626. The summed E-state index contributed by atoms with van der Waals surface area (Å²) in [4.78, 5) is 11.3. The van der Waals surface area contributed by atoms with E-state index < -0.39 is 11.7 Å². The summed E-state index contributed by atoms with van der Waals surface area (Å²) in [7, 11) is 0. The van der Waals surface area contributed by atoms with Gasteiger partial charge in [-0.25, -0.2) is 4.39 Å². The van der Waals surface area contributed by atoms with Crippen molar-refractivity contribution in [3.63, 3.8) is 0 Å². The average molecular weight is 192 g/mol. The van der Waals surface area contributed by atoms with Gasteiger partial charge in [-0.05, 0) is 12.1 Å². The Morgan fingerprint density at radius 3 is 3.00 bits per heavy atom. The van der Waals surface area contributed by atoms with E-state index >= 15 is 0 Å². The van der Waals surface area contributed by atoms with Gasteiger partial charge in [-0.15, -0.1) is 6.42 Å². The fourth-order valence-electron chi connectivity index (χ4n) is 0.952. The third-order valence-electron chi connectivity index (χ3n) is 1.62. The van der Waals surface area contributed by atoms with E-state index in [-0.39, 0.29) is 17.8 Å². The van der Waals surface area contributed by atoms with E-state index in [9.17, 15) is 9.18 Å². The van der Waals surface area contributed by atoms with E-state index in [1.165, 1.54) is 18.2 Å². The van der Waals surface area contributed by atoms with Crippen LogP contribution in [0.4, 0.5) is 10.1 Å². The second kappa shape index (κ2) is 4.28. The van der Waals surface area contributed by atoms with Crippen molar-refractivity contribution in [2.45, 2.75) is 0 Å². The van der Waals surface area contributed by atoms with Crippen molar-refractivity contribution in [1.82, 2.24) is 5.32 Å². The van der Waals surface area contributed by atoms with Gasteiger partial charge in [-0.2, -0.15) is 0 Å². The number of halogens is 1. The molecule has 0 fully saturated rings. The highest BCUT2D eigenvalue weighted by molar-refractivity contribution is 5.95. The first-order chi connectivity index (χ1) is 6.66. The predicted molar refractivity (Wildman–Crippen MR) is 52.0 cm³/mol. The SMILES string of the molecule is C#CCNC(=O)c1cccc(N)c1F. The number of hydrogen-bond donors (Lipinski definition) is 2. The summed E-state index contributed by atoms with van der Waals surface area (Å²) < 4.78 is 13.2. The lowest BCUT2D eigenvalue weighted by Gasteiger charge is -2.04. The zero-order valence-electron chi connectivity index (χ0n) is 7.38. The number of carbonyl (C=O) groups is 1. The van der Waals surface area contributed by atoms with Gasteiger partial charge in [0, 0.05) is 0 Å². The second-order valence-corrected chi connectivity index (χ2v) is 2.60. The Hall–Kier alpha value is -2.02. The van der Waals surface area contributed by atoms with E-state index in [2.05, 4.69) is 11.2 Å². The topological polar surface area (TPSA) is 55.1 Å². The highest BCUT2D eigenvalue weighted by Crippen LogP contribution is 2.13. The Morgan fingerprint density at radius 1 is 1.64 bits per heavy atom. The molecule has 1 amide bonds. The van der Waals surface area contributed by atoms with E-state index in [4.69, 9.17) is 12.2 Å². The monoisotopic (exact) mass is 192 g/mol. The van der Waals surface area contributed by atoms with Crippen LogP contribution in [0, 0.1) is 18.2 Å². The van der Waals surface area contributed by atoms with Crippen molar-refractivity contribution < 1.29 is 9.18 Å². The molecule has 0 saturated carbocycles. The summed E-state index contributed by atoms with van der Waals surface area (Å²) in [6.07, 6.45) is 4.94. The van der Waals surface area contributed by atoms with Crippen LogP contribution in [0.25, 0.3) is 0 Å². The molecule has 0 saturated heterocycles. The molecule has 0 heterocycles. The average Bonchev–Trinajstić information content (AvgIpc) is 2.18. The van der Waals surface area contributed by atoms with Crippen LogP contribution in [-0.2, 0) is 0 Å². The predicted octanol–water partition coefficient (Wildman–Crippen LogP) is 0.771. The lowest BCUT2D eigenvalue weighted by atomic mass is 10.1. The molecule has 0 bridgehead atoms. The van der Waals surface area contributed by atoms with Crippen LogP contribution in [-0.4, -0.2) is 12.5 Å². The molecule has 1 rings (SSSR count). The summed E-state index contributed by atoms with van der Waals surface area (Å²) in [6, 6.07) is 4.23. The summed E-state index contributed by atoms with van der Waals surface area (Å²) in [5.41, 5.74) is 5.14. The van der Waals surface area contributed by atoms with E-state index in [0.717, 1.165) is 0 Å². The number of nitrogen functional groups attached to an aromatic ring is 1. The number of hydrogen-bond acceptors (Lipinski definition) is 2. The highest BCUT2D eigenvalue weighted by atomic mass is 19.1. The zero-order valence-corrected chi connectivity index (χ0v) is 7.38. The molecule has 0 atom stereocenters.